The third-order valence-electron chi connectivity index (χ3n) is 2.49. The summed E-state index contributed by atoms with van der Waals surface area (Å²) in [7, 11) is 0. The van der Waals surface area contributed by atoms with Crippen molar-refractivity contribution in [2.75, 3.05) is 5.32 Å². The molecule has 96 valence electrons. The molecular weight excluding hydrogens is 254 g/mol. The smallest absolute Gasteiger partial charge is 0.250 e. The zero-order valence-electron chi connectivity index (χ0n) is 10.7. The van der Waals surface area contributed by atoms with E-state index in [1.165, 1.54) is 0 Å². The van der Waals surface area contributed by atoms with Crippen LogP contribution in [0.4, 0.5) is 5.69 Å². The molecule has 0 aliphatic carbocycles. The van der Waals surface area contributed by atoms with Gasteiger partial charge in [-0.2, -0.15) is 0 Å². The molecule has 0 fully saturated rings. The van der Waals surface area contributed by atoms with E-state index in [0.29, 0.717) is 5.57 Å². The molecule has 0 saturated carbocycles. The lowest BCUT2D eigenvalue weighted by molar-refractivity contribution is -0.112. The van der Waals surface area contributed by atoms with Gasteiger partial charge in [0.25, 0.3) is 5.91 Å². The monoisotopic (exact) mass is 269 g/mol. The van der Waals surface area contributed by atoms with Crippen LogP contribution < -0.4 is 5.32 Å². The highest BCUT2D eigenvalue weighted by molar-refractivity contribution is 7.99. The minimum absolute atomic E-state index is 0.152. The quantitative estimate of drug-likeness (QED) is 0.836. The lowest BCUT2D eigenvalue weighted by Crippen LogP contribution is -2.12. The van der Waals surface area contributed by atoms with Crippen molar-refractivity contribution in [3.63, 3.8) is 0 Å². The van der Waals surface area contributed by atoms with Crippen LogP contribution in [0.3, 0.4) is 0 Å². The van der Waals surface area contributed by atoms with Gasteiger partial charge in [-0.1, -0.05) is 48.7 Å². The maximum atomic E-state index is 11.7. The van der Waals surface area contributed by atoms with Crippen molar-refractivity contribution in [1.29, 1.82) is 0 Å². The Kier molecular flexibility index (Phi) is 4.42. The molecule has 0 aliphatic heterocycles. The van der Waals surface area contributed by atoms with E-state index in [4.69, 9.17) is 0 Å². The van der Waals surface area contributed by atoms with E-state index in [1.807, 2.05) is 54.6 Å². The van der Waals surface area contributed by atoms with E-state index in [2.05, 4.69) is 11.9 Å². The summed E-state index contributed by atoms with van der Waals surface area (Å²) >= 11 is 1.62. The van der Waals surface area contributed by atoms with Gasteiger partial charge in [0.15, 0.2) is 0 Å². The number of para-hydroxylation sites is 1. The number of rotatable bonds is 4. The van der Waals surface area contributed by atoms with Crippen LogP contribution in [0, 0.1) is 0 Å². The standard InChI is InChI=1S/C16H15NOS/c1-12(2)16(18)17-14-10-6-7-11-15(14)19-13-8-4-3-5-9-13/h3-11H,1H2,2H3,(H,17,18). The van der Waals surface area contributed by atoms with Crippen LogP contribution in [0.2, 0.25) is 0 Å². The second kappa shape index (κ2) is 6.25. The number of anilines is 1. The maximum Gasteiger partial charge on any atom is 0.250 e. The van der Waals surface area contributed by atoms with Crippen LogP contribution in [0.15, 0.2) is 76.5 Å². The fraction of sp³-hybridized carbons (Fsp3) is 0.0625. The summed E-state index contributed by atoms with van der Waals surface area (Å²) in [6.45, 7) is 5.34. The van der Waals surface area contributed by atoms with E-state index in [0.717, 1.165) is 15.5 Å². The number of carbonyl (C=O) groups is 1. The molecule has 2 aromatic carbocycles. The molecule has 0 radical (unpaired) electrons. The molecule has 0 aliphatic rings. The number of hydrogen-bond acceptors (Lipinski definition) is 2. The molecular formula is C16H15NOS. The molecule has 2 rings (SSSR count). The van der Waals surface area contributed by atoms with E-state index in [9.17, 15) is 4.79 Å². The summed E-state index contributed by atoms with van der Waals surface area (Å²) < 4.78 is 0. The van der Waals surface area contributed by atoms with Gasteiger partial charge >= 0.3 is 0 Å². The molecule has 2 nitrogen and oxygen atoms in total. The molecule has 0 atom stereocenters. The summed E-state index contributed by atoms with van der Waals surface area (Å²) in [6.07, 6.45) is 0. The molecule has 0 heterocycles. The topological polar surface area (TPSA) is 29.1 Å². The Bertz CT molecular complexity index is 593. The third-order valence-corrected chi connectivity index (χ3v) is 3.58. The highest BCUT2D eigenvalue weighted by atomic mass is 32.2. The van der Waals surface area contributed by atoms with Crippen LogP contribution >= 0.6 is 11.8 Å². The number of carbonyl (C=O) groups excluding carboxylic acids is 1. The minimum atomic E-state index is -0.152. The fourth-order valence-electron chi connectivity index (χ4n) is 1.50. The van der Waals surface area contributed by atoms with Crippen LogP contribution in [0.5, 0.6) is 0 Å². The van der Waals surface area contributed by atoms with Crippen LogP contribution in [-0.2, 0) is 4.79 Å². The number of hydrogen-bond donors (Lipinski definition) is 1. The predicted octanol–water partition coefficient (Wildman–Crippen LogP) is 4.35. The average Bonchev–Trinajstić information content (AvgIpc) is 2.42. The van der Waals surface area contributed by atoms with Gasteiger partial charge in [-0.15, -0.1) is 0 Å². The number of benzene rings is 2. The second-order valence-corrected chi connectivity index (χ2v) is 5.26. The molecule has 19 heavy (non-hydrogen) atoms. The van der Waals surface area contributed by atoms with Crippen molar-refractivity contribution in [3.05, 3.63) is 66.7 Å². The van der Waals surface area contributed by atoms with Gasteiger partial charge in [0.2, 0.25) is 0 Å². The van der Waals surface area contributed by atoms with Gasteiger partial charge in [-0.25, -0.2) is 0 Å². The van der Waals surface area contributed by atoms with Crippen LogP contribution in [0.25, 0.3) is 0 Å². The van der Waals surface area contributed by atoms with Crippen molar-refractivity contribution in [3.8, 4) is 0 Å². The normalized spacial score (nSPS) is 9.95. The third kappa shape index (κ3) is 3.73. The van der Waals surface area contributed by atoms with Crippen molar-refractivity contribution < 1.29 is 4.79 Å². The molecule has 0 bridgehead atoms. The van der Waals surface area contributed by atoms with Crippen molar-refractivity contribution in [1.82, 2.24) is 0 Å². The summed E-state index contributed by atoms with van der Waals surface area (Å²) in [5.74, 6) is -0.152. The van der Waals surface area contributed by atoms with Gasteiger partial charge in [0, 0.05) is 15.4 Å². The molecule has 3 heteroatoms. The van der Waals surface area contributed by atoms with Gasteiger partial charge in [-0.05, 0) is 31.2 Å². The van der Waals surface area contributed by atoms with Crippen molar-refractivity contribution in [2.45, 2.75) is 16.7 Å². The molecule has 2 aromatic rings. The van der Waals surface area contributed by atoms with Gasteiger partial charge in [0.1, 0.15) is 0 Å². The summed E-state index contributed by atoms with van der Waals surface area (Å²) in [4.78, 5) is 13.9. The lowest BCUT2D eigenvalue weighted by atomic mass is 10.3. The predicted molar refractivity (Wildman–Crippen MR) is 80.5 cm³/mol. The minimum Gasteiger partial charge on any atom is -0.321 e. The molecule has 1 N–H and O–H groups in total. The van der Waals surface area contributed by atoms with Crippen LogP contribution in [0.1, 0.15) is 6.92 Å². The van der Waals surface area contributed by atoms with Crippen molar-refractivity contribution in [2.24, 2.45) is 0 Å². The highest BCUT2D eigenvalue weighted by Gasteiger charge is 2.07. The first-order chi connectivity index (χ1) is 9.16. The first-order valence-corrected chi connectivity index (χ1v) is 6.77. The molecule has 0 unspecified atom stereocenters. The van der Waals surface area contributed by atoms with Crippen molar-refractivity contribution >= 4 is 23.4 Å². The molecule has 0 saturated heterocycles. The SMILES string of the molecule is C=C(C)C(=O)Nc1ccccc1Sc1ccccc1. The highest BCUT2D eigenvalue weighted by Crippen LogP contribution is 2.33. The maximum absolute atomic E-state index is 11.7. The van der Waals surface area contributed by atoms with E-state index in [1.54, 1.807) is 18.7 Å². The number of nitrogens with one attached hydrogen (secondary N) is 1. The largest absolute Gasteiger partial charge is 0.321 e. The average molecular weight is 269 g/mol. The molecule has 1 amide bonds. The van der Waals surface area contributed by atoms with Gasteiger partial charge in [0.05, 0.1) is 5.69 Å². The van der Waals surface area contributed by atoms with Gasteiger partial charge in [-0.3, -0.25) is 4.79 Å². The Labute approximate surface area is 117 Å². The van der Waals surface area contributed by atoms with Crippen LogP contribution in [-0.4, -0.2) is 5.91 Å². The Morgan fingerprint density at radius 3 is 2.37 bits per heavy atom. The summed E-state index contributed by atoms with van der Waals surface area (Å²) in [5.41, 5.74) is 1.31. The Morgan fingerprint density at radius 2 is 1.68 bits per heavy atom. The van der Waals surface area contributed by atoms with Gasteiger partial charge < -0.3 is 5.32 Å². The lowest BCUT2D eigenvalue weighted by Gasteiger charge is -2.10. The Hall–Kier alpha value is -2.00. The Morgan fingerprint density at radius 1 is 1.05 bits per heavy atom. The zero-order valence-corrected chi connectivity index (χ0v) is 11.5. The molecule has 0 aromatic heterocycles. The van der Waals surface area contributed by atoms with E-state index < -0.39 is 0 Å². The fourth-order valence-corrected chi connectivity index (χ4v) is 2.43. The van der Waals surface area contributed by atoms with E-state index >= 15 is 0 Å². The second-order valence-electron chi connectivity index (χ2n) is 4.15. The zero-order chi connectivity index (χ0) is 13.7. The number of amides is 1. The summed E-state index contributed by atoms with van der Waals surface area (Å²) in [6, 6.07) is 17.8. The van der Waals surface area contributed by atoms with E-state index in [-0.39, 0.29) is 5.91 Å². The summed E-state index contributed by atoms with van der Waals surface area (Å²) in [5, 5.41) is 2.87. The first-order valence-electron chi connectivity index (χ1n) is 5.95. The first kappa shape index (κ1) is 13.4. The molecule has 0 spiro atoms. The Balaban J connectivity index is 2.21.